The molecule has 1 amide bonds. The van der Waals surface area contributed by atoms with Crippen molar-refractivity contribution in [2.24, 2.45) is 0 Å². The van der Waals surface area contributed by atoms with E-state index in [9.17, 15) is 9.18 Å². The largest absolute Gasteiger partial charge is 0.322 e. The summed E-state index contributed by atoms with van der Waals surface area (Å²) >= 11 is 3.89. The molecular weight excluding hydrogens is 393 g/mol. The lowest BCUT2D eigenvalue weighted by molar-refractivity contribution is 0.102. The molecule has 0 radical (unpaired) electrons. The van der Waals surface area contributed by atoms with E-state index in [2.05, 4.69) is 16.5 Å². The number of nitrogens with one attached hydrogen (secondary N) is 1. The van der Waals surface area contributed by atoms with Gasteiger partial charge in [0.05, 0.1) is 22.0 Å². The van der Waals surface area contributed by atoms with Gasteiger partial charge in [-0.2, -0.15) is 5.10 Å². The van der Waals surface area contributed by atoms with E-state index in [-0.39, 0.29) is 11.7 Å². The Morgan fingerprint density at radius 1 is 1.18 bits per heavy atom. The van der Waals surface area contributed by atoms with Crippen molar-refractivity contribution >= 4 is 35.1 Å². The van der Waals surface area contributed by atoms with Gasteiger partial charge in [0, 0.05) is 5.69 Å². The summed E-state index contributed by atoms with van der Waals surface area (Å²) in [5.74, 6) is 1.71. The summed E-state index contributed by atoms with van der Waals surface area (Å²) < 4.78 is 15.9. The number of carbonyl (C=O) groups excluding carboxylic acids is 1. The predicted octanol–water partition coefficient (Wildman–Crippen LogP) is 5.44. The summed E-state index contributed by atoms with van der Waals surface area (Å²) in [6, 6.07) is 14.4. The molecule has 0 spiro atoms. The second-order valence-electron chi connectivity index (χ2n) is 6.51. The fraction of sp³-hybridized carbons (Fsp3) is 0.238. The first-order chi connectivity index (χ1) is 13.6. The van der Waals surface area contributed by atoms with Crippen LogP contribution in [0.25, 0.3) is 5.69 Å². The van der Waals surface area contributed by atoms with Crippen molar-refractivity contribution in [3.05, 3.63) is 77.4 Å². The maximum Gasteiger partial charge on any atom is 0.259 e. The average Bonchev–Trinajstić information content (AvgIpc) is 3.10. The van der Waals surface area contributed by atoms with Crippen LogP contribution in [0.2, 0.25) is 0 Å². The van der Waals surface area contributed by atoms with Crippen molar-refractivity contribution < 1.29 is 9.18 Å². The molecule has 1 N–H and O–H groups in total. The maximum atomic E-state index is 14.1. The van der Waals surface area contributed by atoms with Crippen LogP contribution in [0, 0.1) is 12.7 Å². The maximum absolute atomic E-state index is 14.1. The Hall–Kier alpha value is -2.25. The topological polar surface area (TPSA) is 46.9 Å². The predicted molar refractivity (Wildman–Crippen MR) is 115 cm³/mol. The van der Waals surface area contributed by atoms with Gasteiger partial charge in [-0.05, 0) is 54.7 Å². The summed E-state index contributed by atoms with van der Waals surface area (Å²) in [6.45, 7) is 1.76. The molecule has 2 aromatic carbocycles. The molecule has 7 heteroatoms. The van der Waals surface area contributed by atoms with Gasteiger partial charge < -0.3 is 5.32 Å². The standard InChI is InChI=1S/C21H20FN3OS2/c1-14-17(13-23-25(14)19-9-3-2-8-18(19)22)20(26)24-16-7-4-6-15(12-16)21-27-10-5-11-28-21/h2-4,6-9,12-13,21H,5,10-11H2,1H3,(H,24,26). The molecule has 0 bridgehead atoms. The van der Waals surface area contributed by atoms with Gasteiger partial charge in [0.15, 0.2) is 0 Å². The Balaban J connectivity index is 1.54. The minimum Gasteiger partial charge on any atom is -0.322 e. The Morgan fingerprint density at radius 2 is 1.96 bits per heavy atom. The van der Waals surface area contributed by atoms with E-state index >= 15 is 0 Å². The molecule has 144 valence electrons. The summed E-state index contributed by atoms with van der Waals surface area (Å²) in [5, 5.41) is 7.16. The molecule has 4 rings (SSSR count). The van der Waals surface area contributed by atoms with Crippen LogP contribution in [0.5, 0.6) is 0 Å². The van der Waals surface area contributed by atoms with Gasteiger partial charge >= 0.3 is 0 Å². The SMILES string of the molecule is Cc1c(C(=O)Nc2cccc(C3SCCCS3)c2)cnn1-c1ccccc1F. The molecule has 0 unspecified atom stereocenters. The van der Waals surface area contributed by atoms with E-state index in [1.807, 2.05) is 41.7 Å². The second kappa shape index (κ2) is 8.41. The van der Waals surface area contributed by atoms with Gasteiger partial charge in [-0.25, -0.2) is 9.07 Å². The molecule has 28 heavy (non-hydrogen) atoms. The molecule has 2 heterocycles. The first-order valence-electron chi connectivity index (χ1n) is 9.07. The van der Waals surface area contributed by atoms with Crippen LogP contribution in [0.15, 0.2) is 54.7 Å². The molecule has 1 aliphatic rings. The number of amides is 1. The van der Waals surface area contributed by atoms with Crippen molar-refractivity contribution in [3.8, 4) is 5.69 Å². The van der Waals surface area contributed by atoms with Gasteiger partial charge in [0.25, 0.3) is 5.91 Å². The quantitative estimate of drug-likeness (QED) is 0.619. The van der Waals surface area contributed by atoms with Gasteiger partial charge in [0.1, 0.15) is 11.5 Å². The minimum atomic E-state index is -0.379. The number of nitrogens with zero attached hydrogens (tertiary/aromatic N) is 2. The highest BCUT2D eigenvalue weighted by Crippen LogP contribution is 2.44. The monoisotopic (exact) mass is 413 g/mol. The molecule has 1 fully saturated rings. The molecule has 0 saturated carbocycles. The van der Waals surface area contributed by atoms with Crippen LogP contribution in [-0.2, 0) is 0 Å². The molecule has 1 aliphatic heterocycles. The Kier molecular flexibility index (Phi) is 5.73. The molecule has 0 aliphatic carbocycles. The fourth-order valence-electron chi connectivity index (χ4n) is 3.14. The zero-order valence-corrected chi connectivity index (χ0v) is 17.0. The fourth-order valence-corrected chi connectivity index (χ4v) is 6.01. The number of benzene rings is 2. The summed E-state index contributed by atoms with van der Waals surface area (Å²) in [4.78, 5) is 12.8. The van der Waals surface area contributed by atoms with Crippen molar-refractivity contribution in [2.45, 2.75) is 17.9 Å². The highest BCUT2D eigenvalue weighted by Gasteiger charge is 2.19. The van der Waals surface area contributed by atoms with E-state index in [4.69, 9.17) is 0 Å². The minimum absolute atomic E-state index is 0.249. The molecular formula is C21H20FN3OS2. The van der Waals surface area contributed by atoms with Crippen LogP contribution in [0.4, 0.5) is 10.1 Å². The molecule has 4 nitrogen and oxygen atoms in total. The lowest BCUT2D eigenvalue weighted by Gasteiger charge is -2.21. The van der Waals surface area contributed by atoms with E-state index in [1.165, 1.54) is 40.4 Å². The van der Waals surface area contributed by atoms with Crippen LogP contribution in [-0.4, -0.2) is 27.2 Å². The van der Waals surface area contributed by atoms with E-state index in [0.29, 0.717) is 21.5 Å². The molecule has 3 aromatic rings. The molecule has 0 atom stereocenters. The number of halogens is 1. The highest BCUT2D eigenvalue weighted by molar-refractivity contribution is 8.16. The Labute approximate surface area is 171 Å². The van der Waals surface area contributed by atoms with Crippen molar-refractivity contribution in [1.29, 1.82) is 0 Å². The third-order valence-corrected chi connectivity index (χ3v) is 7.59. The zero-order chi connectivity index (χ0) is 19.5. The first-order valence-corrected chi connectivity index (χ1v) is 11.2. The van der Waals surface area contributed by atoms with Gasteiger partial charge in [-0.15, -0.1) is 23.5 Å². The Morgan fingerprint density at radius 3 is 2.75 bits per heavy atom. The highest BCUT2D eigenvalue weighted by atomic mass is 32.2. The Bertz CT molecular complexity index is 999. The summed E-state index contributed by atoms with van der Waals surface area (Å²) in [7, 11) is 0. The van der Waals surface area contributed by atoms with E-state index in [1.54, 1.807) is 25.1 Å². The number of hydrogen-bond donors (Lipinski definition) is 1. The lowest BCUT2D eigenvalue weighted by atomic mass is 10.2. The first kappa shape index (κ1) is 19.1. The van der Waals surface area contributed by atoms with Crippen molar-refractivity contribution in [1.82, 2.24) is 9.78 Å². The van der Waals surface area contributed by atoms with Gasteiger partial charge in [0.2, 0.25) is 0 Å². The number of carbonyl (C=O) groups is 1. The van der Waals surface area contributed by atoms with Gasteiger partial charge in [-0.1, -0.05) is 24.3 Å². The normalized spacial score (nSPS) is 14.8. The third kappa shape index (κ3) is 3.95. The smallest absolute Gasteiger partial charge is 0.259 e. The van der Waals surface area contributed by atoms with Crippen LogP contribution < -0.4 is 5.32 Å². The third-order valence-electron chi connectivity index (χ3n) is 4.58. The van der Waals surface area contributed by atoms with Crippen LogP contribution >= 0.6 is 23.5 Å². The second-order valence-corrected chi connectivity index (χ2v) is 9.24. The van der Waals surface area contributed by atoms with E-state index in [0.717, 1.165) is 5.69 Å². The molecule has 1 saturated heterocycles. The number of anilines is 1. The summed E-state index contributed by atoms with van der Waals surface area (Å²) in [6.07, 6.45) is 2.72. The number of para-hydroxylation sites is 1. The zero-order valence-electron chi connectivity index (χ0n) is 15.4. The van der Waals surface area contributed by atoms with Crippen LogP contribution in [0.1, 0.15) is 32.6 Å². The van der Waals surface area contributed by atoms with Crippen LogP contribution in [0.3, 0.4) is 0 Å². The lowest BCUT2D eigenvalue weighted by Crippen LogP contribution is -2.13. The number of rotatable bonds is 4. The summed E-state index contributed by atoms with van der Waals surface area (Å²) in [5.41, 5.74) is 3.32. The van der Waals surface area contributed by atoms with Crippen molar-refractivity contribution in [2.75, 3.05) is 16.8 Å². The van der Waals surface area contributed by atoms with Crippen molar-refractivity contribution in [3.63, 3.8) is 0 Å². The van der Waals surface area contributed by atoms with E-state index < -0.39 is 0 Å². The van der Waals surface area contributed by atoms with Gasteiger partial charge in [-0.3, -0.25) is 4.79 Å². The number of thioether (sulfide) groups is 2. The molecule has 1 aromatic heterocycles. The average molecular weight is 414 g/mol. The number of hydrogen-bond acceptors (Lipinski definition) is 4. The number of aromatic nitrogens is 2.